The van der Waals surface area contributed by atoms with Crippen molar-refractivity contribution in [3.8, 4) is 5.75 Å². The third-order valence-corrected chi connectivity index (χ3v) is 4.49. The summed E-state index contributed by atoms with van der Waals surface area (Å²) in [6, 6.07) is 20.3. The maximum Gasteiger partial charge on any atom is 0.387 e. The minimum absolute atomic E-state index is 0.0580. The zero-order valence-corrected chi connectivity index (χ0v) is 16.2. The van der Waals surface area contributed by atoms with Crippen LogP contribution in [0.15, 0.2) is 78.9 Å². The molecule has 0 radical (unpaired) electrons. The number of alkyl halides is 2. The summed E-state index contributed by atoms with van der Waals surface area (Å²) in [6.45, 7) is -1.18. The number of carbonyl (C=O) groups excluding carboxylic acids is 1. The Morgan fingerprint density at radius 2 is 1.47 bits per heavy atom. The number of ether oxygens (including phenoxy) is 1. The average molecular weight is 414 g/mol. The molecule has 2 atom stereocenters. The summed E-state index contributed by atoms with van der Waals surface area (Å²) in [4.78, 5) is 12.6. The maximum atomic E-state index is 13.1. The lowest BCUT2D eigenvalue weighted by molar-refractivity contribution is -0.117. The van der Waals surface area contributed by atoms with E-state index in [1.807, 2.05) is 30.3 Å². The number of amides is 1. The van der Waals surface area contributed by atoms with Gasteiger partial charge in [0.15, 0.2) is 0 Å². The zero-order chi connectivity index (χ0) is 21.5. The molecular formula is C23H21F3N2O2. The first-order valence-corrected chi connectivity index (χ1v) is 9.34. The van der Waals surface area contributed by atoms with Crippen LogP contribution in [0.5, 0.6) is 5.75 Å². The van der Waals surface area contributed by atoms with Gasteiger partial charge in [0.05, 0.1) is 12.1 Å². The van der Waals surface area contributed by atoms with Gasteiger partial charge in [0.25, 0.3) is 0 Å². The molecule has 0 saturated heterocycles. The monoisotopic (exact) mass is 414 g/mol. The largest absolute Gasteiger partial charge is 0.435 e. The lowest BCUT2D eigenvalue weighted by atomic mass is 9.97. The Bertz CT molecular complexity index is 948. The number of anilines is 1. The molecule has 0 bridgehead atoms. The van der Waals surface area contributed by atoms with Crippen molar-refractivity contribution < 1.29 is 22.7 Å². The molecule has 156 valence electrons. The molecule has 0 unspecified atom stereocenters. The zero-order valence-electron chi connectivity index (χ0n) is 16.2. The summed E-state index contributed by atoms with van der Waals surface area (Å²) in [5.41, 5.74) is 2.17. The molecule has 0 heterocycles. The van der Waals surface area contributed by atoms with Crippen LogP contribution in [0.25, 0.3) is 0 Å². The number of benzene rings is 3. The van der Waals surface area contributed by atoms with E-state index < -0.39 is 12.7 Å². The molecule has 4 nitrogen and oxygen atoms in total. The lowest BCUT2D eigenvalue weighted by Gasteiger charge is -2.24. The molecule has 0 aromatic heterocycles. The van der Waals surface area contributed by atoms with Crippen LogP contribution in [-0.4, -0.2) is 18.6 Å². The van der Waals surface area contributed by atoms with Crippen LogP contribution in [-0.2, 0) is 4.79 Å². The van der Waals surface area contributed by atoms with E-state index in [0.29, 0.717) is 5.69 Å². The lowest BCUT2D eigenvalue weighted by Crippen LogP contribution is -2.40. The Morgan fingerprint density at radius 3 is 2.07 bits per heavy atom. The van der Waals surface area contributed by atoms with E-state index in [-0.39, 0.29) is 23.5 Å². The molecular weight excluding hydrogens is 393 g/mol. The smallest absolute Gasteiger partial charge is 0.387 e. The second-order valence-corrected chi connectivity index (χ2v) is 6.68. The molecule has 0 aliphatic carbocycles. The third kappa shape index (κ3) is 5.84. The minimum atomic E-state index is -2.89. The van der Waals surface area contributed by atoms with Crippen LogP contribution in [0.3, 0.4) is 0 Å². The number of halogens is 3. The highest BCUT2D eigenvalue weighted by molar-refractivity contribution is 5.94. The van der Waals surface area contributed by atoms with Crippen LogP contribution in [0.2, 0.25) is 0 Å². The van der Waals surface area contributed by atoms with Crippen LogP contribution in [0, 0.1) is 5.82 Å². The second kappa shape index (κ2) is 9.93. The van der Waals surface area contributed by atoms with E-state index in [1.54, 1.807) is 19.1 Å². The topological polar surface area (TPSA) is 50.4 Å². The number of carbonyl (C=O) groups is 1. The van der Waals surface area contributed by atoms with Crippen LogP contribution < -0.4 is 15.4 Å². The number of hydrogen-bond acceptors (Lipinski definition) is 3. The van der Waals surface area contributed by atoms with Gasteiger partial charge in [-0.3, -0.25) is 10.1 Å². The van der Waals surface area contributed by atoms with Gasteiger partial charge in [0.2, 0.25) is 5.91 Å². The molecule has 0 aliphatic rings. The molecule has 0 fully saturated rings. The van der Waals surface area contributed by atoms with Gasteiger partial charge in [-0.2, -0.15) is 8.78 Å². The molecule has 3 rings (SSSR count). The van der Waals surface area contributed by atoms with Crippen molar-refractivity contribution in [1.82, 2.24) is 5.32 Å². The second-order valence-electron chi connectivity index (χ2n) is 6.68. The van der Waals surface area contributed by atoms with Crippen LogP contribution >= 0.6 is 0 Å². The Kier molecular flexibility index (Phi) is 7.08. The quantitative estimate of drug-likeness (QED) is 0.537. The van der Waals surface area contributed by atoms with Gasteiger partial charge in [-0.15, -0.1) is 0 Å². The van der Waals surface area contributed by atoms with E-state index in [0.717, 1.165) is 11.1 Å². The fourth-order valence-corrected chi connectivity index (χ4v) is 2.98. The van der Waals surface area contributed by atoms with E-state index in [9.17, 15) is 18.0 Å². The Morgan fingerprint density at radius 1 is 0.867 bits per heavy atom. The summed E-state index contributed by atoms with van der Waals surface area (Å²) >= 11 is 0. The molecule has 1 amide bonds. The SMILES string of the molecule is C[C@H](N[C@H](c1ccccc1)c1ccc(OC(F)F)cc1)C(=O)Nc1ccc(F)cc1. The highest BCUT2D eigenvalue weighted by Crippen LogP contribution is 2.25. The van der Waals surface area contributed by atoms with Gasteiger partial charge < -0.3 is 10.1 Å². The highest BCUT2D eigenvalue weighted by Gasteiger charge is 2.21. The number of hydrogen-bond donors (Lipinski definition) is 2. The first-order valence-electron chi connectivity index (χ1n) is 9.34. The van der Waals surface area contributed by atoms with Crippen molar-refractivity contribution in [2.45, 2.75) is 25.6 Å². The first-order chi connectivity index (χ1) is 14.4. The van der Waals surface area contributed by atoms with E-state index in [2.05, 4.69) is 15.4 Å². The van der Waals surface area contributed by atoms with Crippen molar-refractivity contribution in [1.29, 1.82) is 0 Å². The van der Waals surface area contributed by atoms with Crippen molar-refractivity contribution in [2.24, 2.45) is 0 Å². The van der Waals surface area contributed by atoms with Crippen molar-refractivity contribution in [3.05, 3.63) is 95.8 Å². The van der Waals surface area contributed by atoms with Crippen molar-refractivity contribution in [3.63, 3.8) is 0 Å². The van der Waals surface area contributed by atoms with Gasteiger partial charge in [0.1, 0.15) is 11.6 Å². The Hall–Kier alpha value is -3.32. The fourth-order valence-electron chi connectivity index (χ4n) is 2.98. The fraction of sp³-hybridized carbons (Fsp3) is 0.174. The molecule has 30 heavy (non-hydrogen) atoms. The molecule has 3 aromatic rings. The van der Waals surface area contributed by atoms with Gasteiger partial charge >= 0.3 is 6.61 Å². The third-order valence-electron chi connectivity index (χ3n) is 4.49. The van der Waals surface area contributed by atoms with Gasteiger partial charge in [-0.25, -0.2) is 4.39 Å². The molecule has 3 aromatic carbocycles. The molecule has 2 N–H and O–H groups in total. The average Bonchev–Trinajstić information content (AvgIpc) is 2.74. The van der Waals surface area contributed by atoms with Gasteiger partial charge in [-0.1, -0.05) is 42.5 Å². The van der Waals surface area contributed by atoms with Gasteiger partial charge in [-0.05, 0) is 54.4 Å². The Balaban J connectivity index is 1.77. The summed E-state index contributed by atoms with van der Waals surface area (Å²) in [6.07, 6.45) is 0. The van der Waals surface area contributed by atoms with E-state index in [4.69, 9.17) is 0 Å². The first kappa shape index (κ1) is 21.4. The van der Waals surface area contributed by atoms with Crippen LogP contribution in [0.1, 0.15) is 24.1 Å². The summed E-state index contributed by atoms with van der Waals surface area (Å²) in [5.74, 6) is -0.620. The molecule has 0 spiro atoms. The standard InChI is InChI=1S/C23H21F3N2O2/c1-15(22(29)28-19-11-9-18(24)10-12-19)27-21(16-5-3-2-4-6-16)17-7-13-20(14-8-17)30-23(25)26/h2-15,21,23,27H,1H3,(H,28,29)/t15-,21+/m0/s1. The predicted molar refractivity (Wildman–Crippen MR) is 109 cm³/mol. The number of rotatable bonds is 8. The van der Waals surface area contributed by atoms with Crippen LogP contribution in [0.4, 0.5) is 18.9 Å². The van der Waals surface area contributed by atoms with E-state index >= 15 is 0 Å². The summed E-state index contributed by atoms with van der Waals surface area (Å²) in [5, 5.41) is 6.00. The van der Waals surface area contributed by atoms with Crippen molar-refractivity contribution >= 4 is 11.6 Å². The molecule has 0 aliphatic heterocycles. The summed E-state index contributed by atoms with van der Waals surface area (Å²) in [7, 11) is 0. The van der Waals surface area contributed by atoms with Gasteiger partial charge in [0, 0.05) is 5.69 Å². The number of nitrogens with one attached hydrogen (secondary N) is 2. The summed E-state index contributed by atoms with van der Waals surface area (Å²) < 4.78 is 42.3. The normalized spacial score (nSPS) is 13.0. The molecule has 0 saturated carbocycles. The molecule has 7 heteroatoms. The predicted octanol–water partition coefficient (Wildman–Crippen LogP) is 5.13. The maximum absolute atomic E-state index is 13.1. The van der Waals surface area contributed by atoms with Crippen molar-refractivity contribution in [2.75, 3.05) is 5.32 Å². The Labute approximate surface area is 172 Å². The van der Waals surface area contributed by atoms with E-state index in [1.165, 1.54) is 36.4 Å². The minimum Gasteiger partial charge on any atom is -0.435 e. The highest BCUT2D eigenvalue weighted by atomic mass is 19.3.